The minimum atomic E-state index is -3.64. The van der Waals surface area contributed by atoms with Crippen LogP contribution in [0.15, 0.2) is 47.4 Å². The summed E-state index contributed by atoms with van der Waals surface area (Å²) in [5, 5.41) is 0. The molecule has 0 saturated carbocycles. The molecule has 5 nitrogen and oxygen atoms in total. The summed E-state index contributed by atoms with van der Waals surface area (Å²) in [6.07, 6.45) is -0.263. The number of ether oxygens (including phenoxy) is 2. The lowest BCUT2D eigenvalue weighted by atomic mass is 10.1. The average molecular weight is 375 g/mol. The molecule has 1 fully saturated rings. The second-order valence-corrected chi connectivity index (χ2v) is 8.57. The van der Waals surface area contributed by atoms with Gasteiger partial charge in [0.15, 0.2) is 0 Å². The lowest BCUT2D eigenvalue weighted by Gasteiger charge is -2.37. The van der Waals surface area contributed by atoms with Gasteiger partial charge in [0, 0.05) is 12.6 Å². The minimum Gasteiger partial charge on any atom is -0.497 e. The number of methoxy groups -OCH3 is 1. The van der Waals surface area contributed by atoms with Crippen LogP contribution in [0.4, 0.5) is 0 Å². The first-order chi connectivity index (χ1) is 12.3. The molecule has 0 amide bonds. The summed E-state index contributed by atoms with van der Waals surface area (Å²) < 4.78 is 39.6. The molecule has 1 heterocycles. The van der Waals surface area contributed by atoms with E-state index in [4.69, 9.17) is 9.47 Å². The third-order valence-electron chi connectivity index (χ3n) is 4.78. The van der Waals surface area contributed by atoms with E-state index >= 15 is 0 Å². The van der Waals surface area contributed by atoms with E-state index in [1.807, 2.05) is 51.1 Å². The maximum Gasteiger partial charge on any atom is 0.244 e. The predicted molar refractivity (Wildman–Crippen MR) is 101 cm³/mol. The Balaban J connectivity index is 1.98. The molecular formula is C20H25NO4S. The zero-order valence-corrected chi connectivity index (χ0v) is 16.4. The summed E-state index contributed by atoms with van der Waals surface area (Å²) in [5.41, 5.74) is 2.37. The Labute approximate surface area is 155 Å². The summed E-state index contributed by atoms with van der Waals surface area (Å²) in [7, 11) is -2.06. The fourth-order valence-corrected chi connectivity index (χ4v) is 5.52. The quantitative estimate of drug-likeness (QED) is 0.821. The lowest BCUT2D eigenvalue weighted by Crippen LogP contribution is -2.48. The largest absolute Gasteiger partial charge is 0.497 e. The highest BCUT2D eigenvalue weighted by atomic mass is 32.2. The van der Waals surface area contributed by atoms with Gasteiger partial charge in [0.25, 0.3) is 0 Å². The van der Waals surface area contributed by atoms with Crippen molar-refractivity contribution in [1.82, 2.24) is 4.31 Å². The Morgan fingerprint density at radius 2 is 1.73 bits per heavy atom. The van der Waals surface area contributed by atoms with E-state index in [1.165, 1.54) is 0 Å². The Bertz CT molecular complexity index is 857. The zero-order chi connectivity index (χ0) is 18.9. The molecule has 2 aromatic carbocycles. The molecule has 140 valence electrons. The molecule has 0 aromatic heterocycles. The topological polar surface area (TPSA) is 55.8 Å². The molecule has 2 unspecified atom stereocenters. The molecule has 0 spiro atoms. The van der Waals surface area contributed by atoms with Gasteiger partial charge in [-0.15, -0.1) is 0 Å². The number of hydrogen-bond donors (Lipinski definition) is 0. The number of morpholine rings is 1. The van der Waals surface area contributed by atoms with Gasteiger partial charge in [0.2, 0.25) is 10.0 Å². The molecule has 1 aliphatic rings. The Kier molecular flexibility index (Phi) is 5.37. The molecular weight excluding hydrogens is 350 g/mol. The van der Waals surface area contributed by atoms with Gasteiger partial charge in [0.1, 0.15) is 5.75 Å². The van der Waals surface area contributed by atoms with Crippen LogP contribution in [0.5, 0.6) is 5.75 Å². The highest BCUT2D eigenvalue weighted by molar-refractivity contribution is 7.89. The molecule has 0 N–H and O–H groups in total. The van der Waals surface area contributed by atoms with Crippen molar-refractivity contribution in [2.45, 2.75) is 37.8 Å². The van der Waals surface area contributed by atoms with Crippen LogP contribution in [0.2, 0.25) is 0 Å². The van der Waals surface area contributed by atoms with Crippen molar-refractivity contribution < 1.29 is 17.9 Å². The fourth-order valence-electron chi connectivity index (χ4n) is 3.49. The van der Waals surface area contributed by atoms with Crippen molar-refractivity contribution in [2.75, 3.05) is 20.3 Å². The van der Waals surface area contributed by atoms with Crippen molar-refractivity contribution in [3.05, 3.63) is 59.2 Å². The van der Waals surface area contributed by atoms with E-state index in [9.17, 15) is 8.42 Å². The van der Waals surface area contributed by atoms with Crippen LogP contribution in [0.3, 0.4) is 0 Å². The molecule has 3 rings (SSSR count). The van der Waals surface area contributed by atoms with Crippen molar-refractivity contribution in [1.29, 1.82) is 0 Å². The number of benzene rings is 2. The summed E-state index contributed by atoms with van der Waals surface area (Å²) in [6, 6.07) is 13.1. The van der Waals surface area contributed by atoms with Gasteiger partial charge in [0.05, 0.1) is 24.7 Å². The molecule has 2 aromatic rings. The molecule has 0 radical (unpaired) electrons. The minimum absolute atomic E-state index is 0.221. The normalized spacial score (nSPS) is 21.5. The van der Waals surface area contributed by atoms with Crippen LogP contribution < -0.4 is 4.74 Å². The van der Waals surface area contributed by atoms with Gasteiger partial charge in [-0.3, -0.25) is 0 Å². The van der Waals surface area contributed by atoms with Crippen molar-refractivity contribution in [3.8, 4) is 5.75 Å². The van der Waals surface area contributed by atoms with E-state index in [0.717, 1.165) is 5.56 Å². The van der Waals surface area contributed by atoms with Crippen molar-refractivity contribution in [3.63, 3.8) is 0 Å². The number of nitrogens with zero attached hydrogens (tertiary/aromatic N) is 1. The Morgan fingerprint density at radius 3 is 2.31 bits per heavy atom. The highest BCUT2D eigenvalue weighted by Crippen LogP contribution is 2.33. The fraction of sp³-hybridized carbons (Fsp3) is 0.400. The van der Waals surface area contributed by atoms with Gasteiger partial charge >= 0.3 is 0 Å². The van der Waals surface area contributed by atoms with E-state index in [2.05, 4.69) is 0 Å². The molecule has 0 aliphatic carbocycles. The summed E-state index contributed by atoms with van der Waals surface area (Å²) in [5.74, 6) is 0.663. The molecule has 26 heavy (non-hydrogen) atoms. The van der Waals surface area contributed by atoms with Gasteiger partial charge < -0.3 is 9.47 Å². The number of aryl methyl sites for hydroxylation is 2. The van der Waals surface area contributed by atoms with Crippen molar-refractivity contribution in [2.24, 2.45) is 0 Å². The van der Waals surface area contributed by atoms with Crippen LogP contribution in [-0.4, -0.2) is 39.0 Å². The number of sulfonamides is 1. The van der Waals surface area contributed by atoms with Gasteiger partial charge in [-0.2, -0.15) is 4.31 Å². The molecule has 1 saturated heterocycles. The zero-order valence-electron chi connectivity index (χ0n) is 15.6. The molecule has 6 heteroatoms. The van der Waals surface area contributed by atoms with Gasteiger partial charge in [-0.25, -0.2) is 8.42 Å². The number of hydrogen-bond acceptors (Lipinski definition) is 4. The Morgan fingerprint density at radius 1 is 1.12 bits per heavy atom. The smallest absolute Gasteiger partial charge is 0.244 e. The molecule has 2 atom stereocenters. The van der Waals surface area contributed by atoms with E-state index < -0.39 is 10.0 Å². The molecule has 1 aliphatic heterocycles. The third-order valence-corrected chi connectivity index (χ3v) is 7.07. The highest BCUT2D eigenvalue weighted by Gasteiger charge is 2.37. The van der Waals surface area contributed by atoms with Gasteiger partial charge in [-0.05, 0) is 49.6 Å². The summed E-state index contributed by atoms with van der Waals surface area (Å²) in [6.45, 7) is 6.17. The maximum atomic E-state index is 13.4. The summed E-state index contributed by atoms with van der Waals surface area (Å²) in [4.78, 5) is 0.360. The van der Waals surface area contributed by atoms with Crippen LogP contribution in [0.25, 0.3) is 0 Å². The first-order valence-electron chi connectivity index (χ1n) is 8.68. The van der Waals surface area contributed by atoms with Gasteiger partial charge in [-0.1, -0.05) is 30.3 Å². The second kappa shape index (κ2) is 7.39. The van der Waals surface area contributed by atoms with Crippen LogP contribution in [0.1, 0.15) is 29.7 Å². The first-order valence-corrected chi connectivity index (χ1v) is 10.1. The third kappa shape index (κ3) is 3.49. The predicted octanol–water partition coefficient (Wildman–Crippen LogP) is 3.46. The standard InChI is InChI=1S/C20H25NO4S/c1-14-10-18(24-4)11-15(2)20(14)26(22,23)21-12-19(25-13-16(21)3)17-8-6-5-7-9-17/h5-11,16,19H,12-13H2,1-4H3. The van der Waals surface area contributed by atoms with E-state index in [1.54, 1.807) is 23.5 Å². The molecule has 0 bridgehead atoms. The van der Waals surface area contributed by atoms with Crippen LogP contribution in [0, 0.1) is 13.8 Å². The second-order valence-electron chi connectivity index (χ2n) is 6.75. The SMILES string of the molecule is COc1cc(C)c(S(=O)(=O)N2CC(c3ccccc3)OCC2C)c(C)c1. The summed E-state index contributed by atoms with van der Waals surface area (Å²) >= 11 is 0. The van der Waals surface area contributed by atoms with E-state index in [-0.39, 0.29) is 12.1 Å². The van der Waals surface area contributed by atoms with Crippen molar-refractivity contribution >= 4 is 10.0 Å². The number of rotatable bonds is 4. The monoisotopic (exact) mass is 375 g/mol. The van der Waals surface area contributed by atoms with Crippen LogP contribution >= 0.6 is 0 Å². The maximum absolute atomic E-state index is 13.4. The lowest BCUT2D eigenvalue weighted by molar-refractivity contribution is -0.0288. The van der Waals surface area contributed by atoms with E-state index in [0.29, 0.717) is 34.9 Å². The van der Waals surface area contributed by atoms with Crippen LogP contribution in [-0.2, 0) is 14.8 Å². The Hall–Kier alpha value is -1.89. The first kappa shape index (κ1) is 18.9. The average Bonchev–Trinajstić information content (AvgIpc) is 2.61.